The standard InChI is InChI=1S/C25H40O5/c1-3-5-6-11-17-25(30,16-4-2)18-12-14-21-20(22(26)19-23(21)27)13-9-7-8-10-15-24(28)29/h7,9,12,14,20-23,26-27,30H,3,5-6,8,10-11,13,15,17-19H2,1-2H3,(H,28,29)/b9-7-,14-12+/t20-,21-,22+,23-,25?/m1/s1. The minimum Gasteiger partial charge on any atom is -0.481 e. The Hall–Kier alpha value is -1.61. The lowest BCUT2D eigenvalue weighted by Crippen LogP contribution is -2.26. The van der Waals surface area contributed by atoms with Crippen molar-refractivity contribution in [2.24, 2.45) is 11.8 Å². The summed E-state index contributed by atoms with van der Waals surface area (Å²) in [5.74, 6) is 4.74. The molecular weight excluding hydrogens is 380 g/mol. The van der Waals surface area contributed by atoms with E-state index in [4.69, 9.17) is 5.11 Å². The molecule has 0 heterocycles. The molecule has 5 atom stereocenters. The summed E-state index contributed by atoms with van der Waals surface area (Å²) in [7, 11) is 0. The summed E-state index contributed by atoms with van der Waals surface area (Å²) < 4.78 is 0. The Balaban J connectivity index is 2.62. The van der Waals surface area contributed by atoms with E-state index in [-0.39, 0.29) is 18.3 Å². The summed E-state index contributed by atoms with van der Waals surface area (Å²) in [5, 5.41) is 40.2. The van der Waals surface area contributed by atoms with Crippen LogP contribution in [-0.4, -0.2) is 44.2 Å². The van der Waals surface area contributed by atoms with Gasteiger partial charge in [0, 0.05) is 25.2 Å². The molecule has 1 aliphatic carbocycles. The number of carboxylic acids is 1. The van der Waals surface area contributed by atoms with Gasteiger partial charge in [0.2, 0.25) is 0 Å². The fourth-order valence-electron chi connectivity index (χ4n) is 4.16. The van der Waals surface area contributed by atoms with Gasteiger partial charge in [-0.3, -0.25) is 4.79 Å². The largest absolute Gasteiger partial charge is 0.481 e. The summed E-state index contributed by atoms with van der Waals surface area (Å²) in [6.07, 6.45) is 14.4. The van der Waals surface area contributed by atoms with Crippen molar-refractivity contribution >= 4 is 5.97 Å². The van der Waals surface area contributed by atoms with Gasteiger partial charge in [-0.25, -0.2) is 0 Å². The first-order valence-electron chi connectivity index (χ1n) is 11.4. The quantitative estimate of drug-likeness (QED) is 0.192. The van der Waals surface area contributed by atoms with Crippen LogP contribution in [0.15, 0.2) is 24.3 Å². The molecule has 1 unspecified atom stereocenters. The predicted octanol–water partition coefficient (Wildman–Crippen LogP) is 4.22. The number of rotatable bonds is 14. The van der Waals surface area contributed by atoms with Crippen molar-refractivity contribution in [2.45, 2.75) is 102 Å². The minimum absolute atomic E-state index is 0.0816. The number of aliphatic carboxylic acids is 1. The van der Waals surface area contributed by atoms with Crippen LogP contribution in [0.4, 0.5) is 0 Å². The molecule has 170 valence electrons. The number of hydrogen-bond acceptors (Lipinski definition) is 4. The van der Waals surface area contributed by atoms with Crippen molar-refractivity contribution in [3.8, 4) is 11.8 Å². The van der Waals surface area contributed by atoms with Gasteiger partial charge in [-0.15, -0.1) is 5.92 Å². The first-order chi connectivity index (χ1) is 14.3. The molecule has 0 aromatic heterocycles. The lowest BCUT2D eigenvalue weighted by Gasteiger charge is -2.22. The van der Waals surface area contributed by atoms with E-state index in [1.807, 2.05) is 24.3 Å². The molecule has 5 heteroatoms. The van der Waals surface area contributed by atoms with Crippen LogP contribution < -0.4 is 0 Å². The van der Waals surface area contributed by atoms with Gasteiger partial charge in [-0.1, -0.05) is 56.4 Å². The van der Waals surface area contributed by atoms with Crippen LogP contribution in [0.5, 0.6) is 0 Å². The molecule has 4 N–H and O–H groups in total. The van der Waals surface area contributed by atoms with E-state index in [1.54, 1.807) is 6.92 Å². The van der Waals surface area contributed by atoms with Crippen LogP contribution in [-0.2, 0) is 4.79 Å². The Morgan fingerprint density at radius 1 is 1.10 bits per heavy atom. The lowest BCUT2D eigenvalue weighted by atomic mass is 9.88. The van der Waals surface area contributed by atoms with Crippen LogP contribution in [0, 0.1) is 23.7 Å². The van der Waals surface area contributed by atoms with E-state index >= 15 is 0 Å². The number of carboxylic acid groups (broad SMARTS) is 1. The second kappa shape index (κ2) is 14.4. The van der Waals surface area contributed by atoms with Crippen LogP contribution >= 0.6 is 0 Å². The molecule has 0 saturated heterocycles. The molecule has 30 heavy (non-hydrogen) atoms. The fourth-order valence-corrected chi connectivity index (χ4v) is 4.16. The maximum absolute atomic E-state index is 10.8. The summed E-state index contributed by atoms with van der Waals surface area (Å²) >= 11 is 0. The second-order valence-electron chi connectivity index (χ2n) is 8.45. The summed E-state index contributed by atoms with van der Waals surface area (Å²) in [6, 6.07) is 0. The zero-order valence-electron chi connectivity index (χ0n) is 18.6. The molecule has 1 fully saturated rings. The normalized spacial score (nSPS) is 26.0. The Morgan fingerprint density at radius 2 is 1.87 bits per heavy atom. The van der Waals surface area contributed by atoms with Crippen molar-refractivity contribution in [1.82, 2.24) is 0 Å². The highest BCUT2D eigenvalue weighted by Gasteiger charge is 2.39. The third-order valence-corrected chi connectivity index (χ3v) is 5.87. The first kappa shape index (κ1) is 26.4. The molecule has 5 nitrogen and oxygen atoms in total. The molecule has 0 aliphatic heterocycles. The average molecular weight is 421 g/mol. The molecule has 0 amide bonds. The third-order valence-electron chi connectivity index (χ3n) is 5.87. The average Bonchev–Trinajstić information content (AvgIpc) is 2.95. The maximum Gasteiger partial charge on any atom is 0.303 e. The van der Waals surface area contributed by atoms with Gasteiger partial charge in [-0.2, -0.15) is 0 Å². The molecule has 1 rings (SSSR count). The van der Waals surface area contributed by atoms with Gasteiger partial charge in [0.05, 0.1) is 12.2 Å². The highest BCUT2D eigenvalue weighted by Crippen LogP contribution is 2.36. The smallest absolute Gasteiger partial charge is 0.303 e. The van der Waals surface area contributed by atoms with Crippen molar-refractivity contribution in [1.29, 1.82) is 0 Å². The monoisotopic (exact) mass is 420 g/mol. The number of unbranched alkanes of at least 4 members (excludes halogenated alkanes) is 4. The van der Waals surface area contributed by atoms with Gasteiger partial charge < -0.3 is 20.4 Å². The molecule has 0 bridgehead atoms. The van der Waals surface area contributed by atoms with E-state index in [1.165, 1.54) is 0 Å². The van der Waals surface area contributed by atoms with Crippen molar-refractivity contribution in [2.75, 3.05) is 0 Å². The van der Waals surface area contributed by atoms with Crippen molar-refractivity contribution in [3.05, 3.63) is 24.3 Å². The Morgan fingerprint density at radius 3 is 2.53 bits per heavy atom. The number of carbonyl (C=O) groups is 1. The Labute approximate surface area is 181 Å². The number of allylic oxidation sites excluding steroid dienone is 2. The summed E-state index contributed by atoms with van der Waals surface area (Å²) in [4.78, 5) is 10.5. The van der Waals surface area contributed by atoms with E-state index in [2.05, 4.69) is 18.8 Å². The van der Waals surface area contributed by atoms with E-state index < -0.39 is 23.8 Å². The maximum atomic E-state index is 10.8. The van der Waals surface area contributed by atoms with Crippen LogP contribution in [0.25, 0.3) is 0 Å². The van der Waals surface area contributed by atoms with Gasteiger partial charge in [0.1, 0.15) is 5.60 Å². The number of aliphatic hydroxyl groups excluding tert-OH is 2. The molecule has 1 aliphatic rings. The highest BCUT2D eigenvalue weighted by atomic mass is 16.4. The molecule has 1 saturated carbocycles. The van der Waals surface area contributed by atoms with Gasteiger partial charge >= 0.3 is 5.97 Å². The van der Waals surface area contributed by atoms with Gasteiger partial charge in [0.25, 0.3) is 0 Å². The summed E-state index contributed by atoms with van der Waals surface area (Å²) in [6.45, 7) is 3.89. The topological polar surface area (TPSA) is 98.0 Å². The zero-order chi connectivity index (χ0) is 22.4. The van der Waals surface area contributed by atoms with Crippen LogP contribution in [0.2, 0.25) is 0 Å². The Bertz CT molecular complexity index is 615. The van der Waals surface area contributed by atoms with E-state index in [0.29, 0.717) is 38.5 Å². The highest BCUT2D eigenvalue weighted by molar-refractivity contribution is 5.66. The van der Waals surface area contributed by atoms with Crippen LogP contribution in [0.1, 0.15) is 84.5 Å². The van der Waals surface area contributed by atoms with Gasteiger partial charge in [0.15, 0.2) is 0 Å². The fraction of sp³-hybridized carbons (Fsp3) is 0.720. The molecule has 0 aromatic carbocycles. The van der Waals surface area contributed by atoms with Gasteiger partial charge in [-0.05, 0) is 44.9 Å². The van der Waals surface area contributed by atoms with Crippen molar-refractivity contribution < 1.29 is 25.2 Å². The number of aliphatic hydroxyl groups is 3. The van der Waals surface area contributed by atoms with E-state index in [9.17, 15) is 20.1 Å². The Kier molecular flexibility index (Phi) is 12.7. The van der Waals surface area contributed by atoms with E-state index in [0.717, 1.165) is 25.7 Å². The molecule has 0 spiro atoms. The zero-order valence-corrected chi connectivity index (χ0v) is 18.6. The summed E-state index contributed by atoms with van der Waals surface area (Å²) in [5.41, 5.74) is -1.04. The van der Waals surface area contributed by atoms with Crippen LogP contribution in [0.3, 0.4) is 0 Å². The first-order valence-corrected chi connectivity index (χ1v) is 11.4. The number of hydrogen-bond donors (Lipinski definition) is 4. The minimum atomic E-state index is -1.04. The molecule has 0 radical (unpaired) electrons. The third kappa shape index (κ3) is 9.93. The second-order valence-corrected chi connectivity index (χ2v) is 8.45. The SMILES string of the molecule is CC#CC(O)(C/C=C/[C@@H]1[C@@H](C/C=C\CCCC(=O)O)[C@@H](O)C[C@H]1O)CCCCCC. The molecular formula is C25H40O5. The predicted molar refractivity (Wildman–Crippen MR) is 120 cm³/mol. The lowest BCUT2D eigenvalue weighted by molar-refractivity contribution is -0.137. The van der Waals surface area contributed by atoms with Crippen molar-refractivity contribution in [3.63, 3.8) is 0 Å². The molecule has 0 aromatic rings.